The molecule has 126 heavy (non-hydrogen) atoms. The first-order valence-electron chi connectivity index (χ1n) is 41.6. The summed E-state index contributed by atoms with van der Waals surface area (Å²) in [5.41, 5.74) is 9.39. The summed E-state index contributed by atoms with van der Waals surface area (Å²) >= 11 is 0.829. The maximum atomic E-state index is 15.7. The van der Waals surface area contributed by atoms with E-state index < -0.39 is 174 Å². The molecule has 9 rings (SSSR count). The third kappa shape index (κ3) is 29.7. The third-order valence-electron chi connectivity index (χ3n) is 21.0. The number of rotatable bonds is 22. The third-order valence-corrected chi connectivity index (χ3v) is 22.1. The van der Waals surface area contributed by atoms with E-state index in [2.05, 4.69) is 68.8 Å². The maximum absolute atomic E-state index is 15.7. The number of nitrogens with two attached hydrogens (primary N) is 1. The molecule has 34 heteroatoms. The number of nitrogens with one attached hydrogen (secondary N) is 13. The van der Waals surface area contributed by atoms with Gasteiger partial charge in [0.15, 0.2) is 0 Å². The number of aromatic hydroxyl groups is 4. The molecule has 14 amide bonds. The monoisotopic (exact) mass is 1750 g/mol. The van der Waals surface area contributed by atoms with Crippen LogP contribution in [0.5, 0.6) is 23.0 Å². The Morgan fingerprint density at radius 1 is 0.413 bits per heavy atom. The lowest BCUT2D eigenvalue weighted by Gasteiger charge is -2.33. The van der Waals surface area contributed by atoms with Gasteiger partial charge < -0.3 is 99.8 Å². The van der Waals surface area contributed by atoms with Crippen LogP contribution in [0.4, 0.5) is 0 Å². The van der Waals surface area contributed by atoms with Crippen LogP contribution in [-0.2, 0) is 112 Å². The molecule has 0 saturated carbocycles. The average molecular weight is 1750 g/mol. The number of H-pyrrole nitrogens is 1. The SMILES string of the molecule is CC(C)C[C@@H]1NC(=O)[C@H](Cc2ccc(O)cc2)NC(=O)[C@H](Cc2ccccc2)NC(=O)CSC[C@@H](C(=O)NCC(N)=O)NC(=O)[C@H](CC(C)C)NC(=O)[C@H](Cc2ccccc2)N(C)C(=O)[C@H](Cc2ccc(O)cc2)NC(=O)[C@H](Cc2c[nH]c3ccccc23)NC(=O)CNC(=O)[C@H](Cc2ccc(O)cc2)NC(=O)[C@H](Cc2ccc(O)cc2)NC(=O)[C@H](C(C)C)NC1=O. The molecule has 0 radical (unpaired) electrons. The van der Waals surface area contributed by atoms with Gasteiger partial charge >= 0.3 is 0 Å². The number of amides is 14. The highest BCUT2D eigenvalue weighted by Gasteiger charge is 2.40. The van der Waals surface area contributed by atoms with E-state index in [4.69, 9.17) is 5.73 Å². The Hall–Kier alpha value is -13.8. The minimum absolute atomic E-state index is 0.0430. The second-order valence-corrected chi connectivity index (χ2v) is 33.5. The minimum atomic E-state index is -1.58. The Morgan fingerprint density at radius 2 is 0.786 bits per heavy atom. The molecule has 33 nitrogen and oxygen atoms in total. The van der Waals surface area contributed by atoms with Crippen LogP contribution < -0.4 is 69.5 Å². The zero-order valence-electron chi connectivity index (χ0n) is 71.1. The number of aromatic nitrogens is 1. The lowest BCUT2D eigenvalue weighted by atomic mass is 9.98. The number of carbonyl (C=O) groups is 14. The second-order valence-electron chi connectivity index (χ2n) is 32.5. The van der Waals surface area contributed by atoms with Crippen LogP contribution in [0.1, 0.15) is 93.3 Å². The van der Waals surface area contributed by atoms with Gasteiger partial charge in [-0.05, 0) is 124 Å². The predicted molar refractivity (Wildman–Crippen MR) is 472 cm³/mol. The fourth-order valence-corrected chi connectivity index (χ4v) is 15.2. The number of phenolic OH excluding ortho intramolecular Hbond substituents is 4. The number of carbonyl (C=O) groups excluding carboxylic acids is 14. The normalized spacial score (nSPS) is 21.6. The van der Waals surface area contributed by atoms with Crippen molar-refractivity contribution in [1.82, 2.24) is 73.7 Å². The Bertz CT molecular complexity index is 5100. The molecule has 8 aromatic rings. The maximum Gasteiger partial charge on any atom is 0.245 e. The standard InChI is InChI=1S/C92H111N15O18S/c1-52(2)38-68-84(117)105-76(83(116)95-48-78(93)112)50-126-51-80(114)98-71(40-55-16-10-8-11-17-55)85(118)101-72(42-58-24-32-63(109)33-25-58)86(119)99-69(39-53(3)4)89(122)106-81(54(5)6)91(124)103-73(43-59-26-34-64(110)35-27-59)87(120)100-70(41-57-22-30-62(108)31-23-57)82(115)96-49-79(113)97-74(46-61-47-94-67-21-15-14-20-66(61)67)88(121)104-75(44-60-28-36-65(111)37-29-60)92(125)107(7)77(90(123)102-68)45-56-18-12-9-13-19-56/h8-37,47,52-54,68-77,81,94,108-111H,38-46,48-51H2,1-7H3,(H2,93,112)(H,95,116)(H,96,115)(H,97,113)(H,98,114)(H,99,119)(H,100,120)(H,101,118)(H,102,123)(H,103,124)(H,104,121)(H,105,117)(H,106,122)/t68-,69-,70-,71-,72-,73-,74-,75-,76-,77-,81-/m0/s1. The van der Waals surface area contributed by atoms with Gasteiger partial charge in [-0.1, -0.05) is 169 Å². The summed E-state index contributed by atoms with van der Waals surface area (Å²) in [6, 6.07) is 30.4. The van der Waals surface area contributed by atoms with Crippen LogP contribution in [0.3, 0.4) is 0 Å². The van der Waals surface area contributed by atoms with E-state index in [1.165, 1.54) is 104 Å². The number of benzene rings is 7. The summed E-state index contributed by atoms with van der Waals surface area (Å²) < 4.78 is 0. The van der Waals surface area contributed by atoms with Crippen LogP contribution in [-0.4, -0.2) is 211 Å². The van der Waals surface area contributed by atoms with Crippen molar-refractivity contribution in [1.29, 1.82) is 0 Å². The van der Waals surface area contributed by atoms with E-state index in [9.17, 15) is 49.2 Å². The van der Waals surface area contributed by atoms with Gasteiger partial charge in [-0.15, -0.1) is 11.8 Å². The van der Waals surface area contributed by atoms with Crippen molar-refractivity contribution in [2.24, 2.45) is 23.5 Å². The van der Waals surface area contributed by atoms with Gasteiger partial charge in [-0.25, -0.2) is 0 Å². The number of thioether (sulfide) groups is 1. The lowest BCUT2D eigenvalue weighted by Crippen LogP contribution is -2.61. The van der Waals surface area contributed by atoms with Crippen molar-refractivity contribution in [2.45, 2.75) is 166 Å². The zero-order chi connectivity index (χ0) is 91.3. The molecule has 1 fully saturated rings. The molecule has 7 aromatic carbocycles. The van der Waals surface area contributed by atoms with E-state index in [1.54, 1.807) is 133 Å². The van der Waals surface area contributed by atoms with E-state index in [1.807, 2.05) is 0 Å². The average Bonchev–Trinajstić information content (AvgIpc) is 1.33. The molecule has 1 aromatic heterocycles. The number of nitrogens with zero attached hydrogens (tertiary/aromatic N) is 1. The summed E-state index contributed by atoms with van der Waals surface area (Å²) in [5, 5.41) is 74.7. The molecule has 2 heterocycles. The van der Waals surface area contributed by atoms with E-state index >= 15 is 38.4 Å². The van der Waals surface area contributed by atoms with Gasteiger partial charge in [-0.2, -0.15) is 0 Å². The molecule has 0 aliphatic carbocycles. The molecule has 1 aliphatic heterocycles. The highest BCUT2D eigenvalue weighted by atomic mass is 32.2. The fraction of sp³-hybridized carbons (Fsp3) is 0.370. The van der Waals surface area contributed by atoms with Gasteiger partial charge in [-0.3, -0.25) is 67.1 Å². The molecule has 1 saturated heterocycles. The first kappa shape index (κ1) is 96.0. The predicted octanol–water partition coefficient (Wildman–Crippen LogP) is 2.88. The topological polar surface area (TPSA) is 509 Å². The van der Waals surface area contributed by atoms with Crippen molar-refractivity contribution in [3.8, 4) is 23.0 Å². The summed E-state index contributed by atoms with van der Waals surface area (Å²) in [6.07, 6.45) is -0.189. The van der Waals surface area contributed by atoms with Gasteiger partial charge in [0.05, 0.1) is 18.8 Å². The molecule has 0 unspecified atom stereocenters. The molecular formula is C92H111N15O18S. The van der Waals surface area contributed by atoms with Crippen molar-refractivity contribution < 1.29 is 87.5 Å². The lowest BCUT2D eigenvalue weighted by molar-refractivity contribution is -0.143. The van der Waals surface area contributed by atoms with E-state index in [0.717, 1.165) is 16.7 Å². The van der Waals surface area contributed by atoms with Crippen molar-refractivity contribution in [3.63, 3.8) is 0 Å². The summed E-state index contributed by atoms with van der Waals surface area (Å²) in [7, 11) is 1.32. The number of fused-ring (bicyclic) bond motifs is 1. The number of primary amides is 1. The largest absolute Gasteiger partial charge is 0.508 e. The van der Waals surface area contributed by atoms with Gasteiger partial charge in [0.2, 0.25) is 82.7 Å². The molecule has 1 aliphatic rings. The summed E-state index contributed by atoms with van der Waals surface area (Å²) in [6.45, 7) is 8.77. The number of likely N-dealkylation sites (N-methyl/N-ethyl adjacent to an activating group) is 1. The molecule has 11 atom stereocenters. The van der Waals surface area contributed by atoms with Gasteiger partial charge in [0.1, 0.15) is 89.5 Å². The summed E-state index contributed by atoms with van der Waals surface area (Å²) in [5.74, 6) is -15.4. The molecular weight excluding hydrogens is 1640 g/mol. The number of aromatic amines is 1. The Labute approximate surface area is 733 Å². The molecule has 0 bridgehead atoms. The van der Waals surface area contributed by atoms with E-state index in [-0.39, 0.29) is 98.4 Å². The summed E-state index contributed by atoms with van der Waals surface area (Å²) in [4.78, 5) is 212. The van der Waals surface area contributed by atoms with Crippen LogP contribution in [0.15, 0.2) is 188 Å². The van der Waals surface area contributed by atoms with Crippen LogP contribution in [0.25, 0.3) is 10.9 Å². The number of hydrogen-bond donors (Lipinski definition) is 18. The zero-order valence-corrected chi connectivity index (χ0v) is 71.9. The van der Waals surface area contributed by atoms with Crippen molar-refractivity contribution >= 4 is 105 Å². The number of para-hydroxylation sites is 1. The highest BCUT2D eigenvalue weighted by Crippen LogP contribution is 2.24. The Kier molecular flexibility index (Phi) is 35.5. The quantitative estimate of drug-likeness (QED) is 0.0464. The van der Waals surface area contributed by atoms with Crippen molar-refractivity contribution in [2.75, 3.05) is 31.6 Å². The minimum Gasteiger partial charge on any atom is -0.508 e. The number of phenols is 4. The first-order valence-corrected chi connectivity index (χ1v) is 42.7. The van der Waals surface area contributed by atoms with Gasteiger partial charge in [0, 0.05) is 74.8 Å². The highest BCUT2D eigenvalue weighted by molar-refractivity contribution is 8.00. The first-order chi connectivity index (χ1) is 60.1. The van der Waals surface area contributed by atoms with Crippen molar-refractivity contribution in [3.05, 3.63) is 227 Å². The van der Waals surface area contributed by atoms with E-state index in [0.29, 0.717) is 49.8 Å². The second kappa shape index (κ2) is 46.6. The fourth-order valence-electron chi connectivity index (χ4n) is 14.3. The Balaban J connectivity index is 1.12. The Morgan fingerprint density at radius 3 is 1.25 bits per heavy atom. The molecule has 0 spiro atoms. The number of hydrogen-bond acceptors (Lipinski definition) is 19. The van der Waals surface area contributed by atoms with Crippen LogP contribution in [0.2, 0.25) is 0 Å². The van der Waals surface area contributed by atoms with Crippen LogP contribution >= 0.6 is 11.8 Å². The molecule has 19 N–H and O–H groups in total. The van der Waals surface area contributed by atoms with Crippen LogP contribution in [0, 0.1) is 17.8 Å². The smallest absolute Gasteiger partial charge is 0.245 e. The van der Waals surface area contributed by atoms with Gasteiger partial charge in [0.25, 0.3) is 0 Å². The molecule has 668 valence electrons.